The maximum absolute atomic E-state index is 5.08. The zero-order valence-electron chi connectivity index (χ0n) is 16.1. The fourth-order valence-corrected chi connectivity index (χ4v) is 2.33. The Kier molecular flexibility index (Phi) is 14.9. The van der Waals surface area contributed by atoms with Crippen molar-refractivity contribution >= 4 is 29.9 Å². The summed E-state index contributed by atoms with van der Waals surface area (Å²) in [5, 5.41) is 10.9. The van der Waals surface area contributed by atoms with Gasteiger partial charge < -0.3 is 20.3 Å². The summed E-state index contributed by atoms with van der Waals surface area (Å²) < 4.78 is 7.03. The van der Waals surface area contributed by atoms with E-state index < -0.39 is 0 Å². The predicted octanol–water partition coefficient (Wildman–Crippen LogP) is 1.66. The van der Waals surface area contributed by atoms with Gasteiger partial charge in [-0.1, -0.05) is 6.92 Å². The molecular formula is C17H35IN6O. The van der Waals surface area contributed by atoms with Crippen LogP contribution in [0.4, 0.5) is 0 Å². The molecular weight excluding hydrogens is 431 g/mol. The number of likely N-dealkylation sites (N-methyl/N-ethyl adjacent to an activating group) is 1. The Bertz CT molecular complexity index is 440. The second-order valence-corrected chi connectivity index (χ2v) is 6.13. The third-order valence-electron chi connectivity index (χ3n) is 3.64. The summed E-state index contributed by atoms with van der Waals surface area (Å²) in [6.07, 6.45) is 4.86. The van der Waals surface area contributed by atoms with Crippen molar-refractivity contribution < 1.29 is 4.74 Å². The Morgan fingerprint density at radius 1 is 1.36 bits per heavy atom. The van der Waals surface area contributed by atoms with Gasteiger partial charge in [-0.2, -0.15) is 5.10 Å². The molecule has 0 fully saturated rings. The topological polar surface area (TPSA) is 66.7 Å². The van der Waals surface area contributed by atoms with Gasteiger partial charge in [0.2, 0.25) is 0 Å². The van der Waals surface area contributed by atoms with Crippen LogP contribution in [0.1, 0.15) is 20.3 Å². The van der Waals surface area contributed by atoms with E-state index in [4.69, 9.17) is 4.74 Å². The molecule has 0 aromatic carbocycles. The zero-order valence-corrected chi connectivity index (χ0v) is 18.4. The molecule has 0 amide bonds. The Hall–Kier alpha value is -0.870. The lowest BCUT2D eigenvalue weighted by molar-refractivity contribution is 0.180. The summed E-state index contributed by atoms with van der Waals surface area (Å²) in [6, 6.07) is 1.95. The third kappa shape index (κ3) is 12.2. The van der Waals surface area contributed by atoms with Gasteiger partial charge in [0, 0.05) is 65.4 Å². The van der Waals surface area contributed by atoms with E-state index in [1.807, 2.05) is 23.1 Å². The molecule has 1 heterocycles. The smallest absolute Gasteiger partial charge is 0.191 e. The van der Waals surface area contributed by atoms with Crippen molar-refractivity contribution in [1.82, 2.24) is 25.3 Å². The molecule has 0 aliphatic heterocycles. The molecule has 0 aliphatic rings. The minimum Gasteiger partial charge on any atom is -0.385 e. The fourth-order valence-electron chi connectivity index (χ4n) is 2.33. The maximum atomic E-state index is 5.08. The van der Waals surface area contributed by atoms with Crippen molar-refractivity contribution in [2.75, 3.05) is 53.5 Å². The van der Waals surface area contributed by atoms with E-state index in [-0.39, 0.29) is 24.0 Å². The van der Waals surface area contributed by atoms with E-state index in [0.29, 0.717) is 5.92 Å². The zero-order chi connectivity index (χ0) is 17.6. The second-order valence-electron chi connectivity index (χ2n) is 6.13. The van der Waals surface area contributed by atoms with Crippen molar-refractivity contribution in [1.29, 1.82) is 0 Å². The molecule has 1 rings (SSSR count). The summed E-state index contributed by atoms with van der Waals surface area (Å²) in [6.45, 7) is 10.5. The molecule has 2 N–H and O–H groups in total. The highest BCUT2D eigenvalue weighted by atomic mass is 127. The minimum atomic E-state index is 0. The van der Waals surface area contributed by atoms with Gasteiger partial charge in [-0.15, -0.1) is 24.0 Å². The quantitative estimate of drug-likeness (QED) is 0.212. The number of ether oxygens (including phenoxy) is 1. The molecule has 1 atom stereocenters. The second kappa shape index (κ2) is 15.4. The number of hydrogen-bond acceptors (Lipinski definition) is 4. The molecule has 1 aromatic heterocycles. The van der Waals surface area contributed by atoms with Gasteiger partial charge in [0.15, 0.2) is 5.96 Å². The largest absolute Gasteiger partial charge is 0.385 e. The monoisotopic (exact) mass is 466 g/mol. The highest BCUT2D eigenvalue weighted by Gasteiger charge is 2.04. The lowest BCUT2D eigenvalue weighted by Gasteiger charge is -2.18. The number of guanidine groups is 1. The van der Waals surface area contributed by atoms with E-state index in [0.717, 1.165) is 58.3 Å². The van der Waals surface area contributed by atoms with Gasteiger partial charge in [0.1, 0.15) is 0 Å². The first-order valence-corrected chi connectivity index (χ1v) is 8.82. The van der Waals surface area contributed by atoms with E-state index >= 15 is 0 Å². The molecule has 0 spiro atoms. The number of halogens is 1. The van der Waals surface area contributed by atoms with Gasteiger partial charge in [0.05, 0.1) is 0 Å². The number of aliphatic imine (C=N–C) groups is 1. The summed E-state index contributed by atoms with van der Waals surface area (Å²) in [7, 11) is 3.88. The van der Waals surface area contributed by atoms with Crippen LogP contribution in [0.3, 0.4) is 0 Å². The van der Waals surface area contributed by atoms with Crippen molar-refractivity contribution in [3.05, 3.63) is 18.5 Å². The van der Waals surface area contributed by atoms with Crippen LogP contribution >= 0.6 is 24.0 Å². The van der Waals surface area contributed by atoms with Gasteiger partial charge in [-0.05, 0) is 32.4 Å². The first kappa shape index (κ1) is 24.1. The SMILES string of the molecule is CCNC(=NCC(C)Cn1cccn1)NCCN(C)CCCOC.I. The number of aromatic nitrogens is 2. The summed E-state index contributed by atoms with van der Waals surface area (Å²) >= 11 is 0. The van der Waals surface area contributed by atoms with Crippen molar-refractivity contribution in [3.8, 4) is 0 Å². The molecule has 1 aromatic rings. The fraction of sp³-hybridized carbons (Fsp3) is 0.765. The highest BCUT2D eigenvalue weighted by Crippen LogP contribution is 2.00. The summed E-state index contributed by atoms with van der Waals surface area (Å²) in [5.74, 6) is 1.33. The third-order valence-corrected chi connectivity index (χ3v) is 3.64. The van der Waals surface area contributed by atoms with Crippen LogP contribution in [0, 0.1) is 5.92 Å². The van der Waals surface area contributed by atoms with E-state index in [1.54, 1.807) is 7.11 Å². The van der Waals surface area contributed by atoms with Crippen molar-refractivity contribution in [2.45, 2.75) is 26.8 Å². The molecule has 0 radical (unpaired) electrons. The van der Waals surface area contributed by atoms with Crippen LogP contribution in [0.25, 0.3) is 0 Å². The Balaban J connectivity index is 0.00000576. The molecule has 25 heavy (non-hydrogen) atoms. The maximum Gasteiger partial charge on any atom is 0.191 e. The standard InChI is InChI=1S/C17H34N6O.HI/c1-5-18-17(19-9-12-22(3)10-7-13-24-4)20-14-16(2)15-23-11-6-8-21-23;/h6,8,11,16H,5,7,9-10,12-15H2,1-4H3,(H2,18,19,20);1H. The molecule has 146 valence electrons. The number of methoxy groups -OCH3 is 1. The lowest BCUT2D eigenvalue weighted by atomic mass is 10.2. The number of hydrogen-bond donors (Lipinski definition) is 2. The molecule has 0 saturated carbocycles. The van der Waals surface area contributed by atoms with Crippen LogP contribution in [0.15, 0.2) is 23.5 Å². The van der Waals surface area contributed by atoms with Crippen LogP contribution in [0.2, 0.25) is 0 Å². The molecule has 0 aliphatic carbocycles. The van der Waals surface area contributed by atoms with E-state index in [9.17, 15) is 0 Å². The van der Waals surface area contributed by atoms with Gasteiger partial charge in [0.25, 0.3) is 0 Å². The first-order chi connectivity index (χ1) is 11.7. The molecule has 1 unspecified atom stereocenters. The average Bonchev–Trinajstić information content (AvgIpc) is 3.05. The summed E-state index contributed by atoms with van der Waals surface area (Å²) in [4.78, 5) is 6.98. The van der Waals surface area contributed by atoms with Gasteiger partial charge in [-0.3, -0.25) is 9.67 Å². The van der Waals surface area contributed by atoms with Gasteiger partial charge in [-0.25, -0.2) is 0 Å². The Morgan fingerprint density at radius 3 is 2.80 bits per heavy atom. The van der Waals surface area contributed by atoms with Gasteiger partial charge >= 0.3 is 0 Å². The Morgan fingerprint density at radius 2 is 2.16 bits per heavy atom. The van der Waals surface area contributed by atoms with Crippen molar-refractivity contribution in [3.63, 3.8) is 0 Å². The summed E-state index contributed by atoms with van der Waals surface area (Å²) in [5.41, 5.74) is 0. The van der Waals surface area contributed by atoms with Crippen molar-refractivity contribution in [2.24, 2.45) is 10.9 Å². The Labute approximate surface area is 169 Å². The average molecular weight is 466 g/mol. The minimum absolute atomic E-state index is 0. The van der Waals surface area contributed by atoms with Crippen LogP contribution < -0.4 is 10.6 Å². The highest BCUT2D eigenvalue weighted by molar-refractivity contribution is 14.0. The normalized spacial score (nSPS) is 12.8. The number of rotatable bonds is 12. The molecule has 7 nitrogen and oxygen atoms in total. The van der Waals surface area contributed by atoms with Crippen LogP contribution in [-0.4, -0.2) is 74.1 Å². The number of nitrogens with one attached hydrogen (secondary N) is 2. The number of nitrogens with zero attached hydrogens (tertiary/aromatic N) is 4. The lowest BCUT2D eigenvalue weighted by Crippen LogP contribution is -2.41. The van der Waals surface area contributed by atoms with Crippen LogP contribution in [-0.2, 0) is 11.3 Å². The van der Waals surface area contributed by atoms with E-state index in [1.165, 1.54) is 0 Å². The van der Waals surface area contributed by atoms with E-state index in [2.05, 4.69) is 46.5 Å². The molecule has 0 saturated heterocycles. The first-order valence-electron chi connectivity index (χ1n) is 8.82. The molecule has 8 heteroatoms. The predicted molar refractivity (Wildman–Crippen MR) is 115 cm³/mol. The molecule has 0 bridgehead atoms. The van der Waals surface area contributed by atoms with Crippen LogP contribution in [0.5, 0.6) is 0 Å².